The van der Waals surface area contributed by atoms with Gasteiger partial charge in [-0.05, 0) is 74.5 Å². The number of rotatable bonds is 2. The van der Waals surface area contributed by atoms with Gasteiger partial charge in [0.15, 0.2) is 0 Å². The molecule has 0 aliphatic heterocycles. The third-order valence-corrected chi connectivity index (χ3v) is 8.78. The predicted octanol–water partition coefficient (Wildman–Crippen LogP) is 4.58. The minimum Gasteiger partial charge on any atom is -0.481 e. The summed E-state index contributed by atoms with van der Waals surface area (Å²) in [6.07, 6.45) is 7.74. The number of esters is 1. The van der Waals surface area contributed by atoms with Gasteiger partial charge in [0.1, 0.15) is 6.10 Å². The minimum absolute atomic E-state index is 0.0840. The van der Waals surface area contributed by atoms with Crippen LogP contribution >= 0.6 is 0 Å². The molecule has 144 valence electrons. The Balaban J connectivity index is 1.80. The summed E-state index contributed by atoms with van der Waals surface area (Å²) < 4.78 is 5.90. The van der Waals surface area contributed by atoms with Crippen LogP contribution in [0.25, 0.3) is 0 Å². The van der Waals surface area contributed by atoms with E-state index >= 15 is 0 Å². The number of allylic oxidation sites excluding steroid dienone is 1. The highest BCUT2D eigenvalue weighted by molar-refractivity contribution is 5.75. The van der Waals surface area contributed by atoms with Gasteiger partial charge in [0.05, 0.1) is 5.41 Å². The third kappa shape index (κ3) is 2.26. The number of carbonyl (C=O) groups excluding carboxylic acids is 1. The molecule has 7 atom stereocenters. The monoisotopic (exact) mass is 360 g/mol. The van der Waals surface area contributed by atoms with E-state index in [2.05, 4.69) is 13.5 Å². The van der Waals surface area contributed by atoms with Gasteiger partial charge in [-0.25, -0.2) is 0 Å². The van der Waals surface area contributed by atoms with Crippen LogP contribution in [0, 0.1) is 34.0 Å². The molecule has 4 rings (SSSR count). The second-order valence-corrected chi connectivity index (χ2v) is 10.1. The first-order valence-corrected chi connectivity index (χ1v) is 10.2. The van der Waals surface area contributed by atoms with Crippen LogP contribution in [-0.4, -0.2) is 23.1 Å². The molecular formula is C22H32O4. The molecule has 0 unspecified atom stereocenters. The zero-order chi connectivity index (χ0) is 18.9. The molecule has 0 amide bonds. The van der Waals surface area contributed by atoms with Gasteiger partial charge in [0.25, 0.3) is 0 Å². The van der Waals surface area contributed by atoms with Crippen LogP contribution in [-0.2, 0) is 14.3 Å². The van der Waals surface area contributed by atoms with Crippen molar-refractivity contribution in [2.75, 3.05) is 0 Å². The lowest BCUT2D eigenvalue weighted by Crippen LogP contribution is -2.62. The van der Waals surface area contributed by atoms with Crippen LogP contribution in [0.5, 0.6) is 0 Å². The minimum atomic E-state index is -0.665. The lowest BCUT2D eigenvalue weighted by atomic mass is 9.40. The highest BCUT2D eigenvalue weighted by Crippen LogP contribution is 2.72. The number of hydrogen-bond donors (Lipinski definition) is 1. The van der Waals surface area contributed by atoms with E-state index in [1.54, 1.807) is 0 Å². The second-order valence-electron chi connectivity index (χ2n) is 10.1. The van der Waals surface area contributed by atoms with E-state index in [1.165, 1.54) is 12.5 Å². The Bertz CT molecular complexity index is 669. The first kappa shape index (κ1) is 18.1. The molecule has 1 N–H and O–H groups in total. The Kier molecular flexibility index (Phi) is 3.88. The number of carbonyl (C=O) groups is 2. The van der Waals surface area contributed by atoms with Crippen LogP contribution in [0.15, 0.2) is 12.2 Å². The van der Waals surface area contributed by atoms with Gasteiger partial charge in [-0.2, -0.15) is 0 Å². The fraction of sp³-hybridized carbons (Fsp3) is 0.818. The number of fused-ring (bicyclic) bond motifs is 3. The van der Waals surface area contributed by atoms with E-state index < -0.39 is 11.4 Å². The first-order valence-electron chi connectivity index (χ1n) is 10.2. The Labute approximate surface area is 156 Å². The topological polar surface area (TPSA) is 63.6 Å². The largest absolute Gasteiger partial charge is 0.481 e. The standard InChI is InChI=1S/C22H32O4/c1-13-11-22-9-6-17-20(3,7-5-8-21(17,4)19(24)25)18(22)16(26-14(2)23)10-15(13)12-22/h15-18H,1,5-12H2,2-4H3,(H,24,25)/t15-,16+,17-,18-,20+,21-,22+/m0/s1. The summed E-state index contributed by atoms with van der Waals surface area (Å²) in [4.78, 5) is 24.1. The van der Waals surface area contributed by atoms with E-state index in [-0.39, 0.29) is 34.7 Å². The zero-order valence-corrected chi connectivity index (χ0v) is 16.3. The van der Waals surface area contributed by atoms with E-state index in [4.69, 9.17) is 4.74 Å². The smallest absolute Gasteiger partial charge is 0.309 e. The second kappa shape index (κ2) is 5.59. The normalized spacial score (nSPS) is 49.9. The number of ether oxygens (including phenoxy) is 1. The lowest BCUT2D eigenvalue weighted by molar-refractivity contribution is -0.209. The predicted molar refractivity (Wildman–Crippen MR) is 98.4 cm³/mol. The summed E-state index contributed by atoms with van der Waals surface area (Å²) in [5.41, 5.74) is 0.729. The SMILES string of the molecule is C=C1C[C@@]23CC[C@H]4[C@@](C)(CCC[C@]4(C)C(=O)O)[C@@H]2[C@H](OC(C)=O)C[C@H]1C3. The molecule has 4 heteroatoms. The van der Waals surface area contributed by atoms with Gasteiger partial charge in [0, 0.05) is 12.8 Å². The van der Waals surface area contributed by atoms with Gasteiger partial charge in [-0.15, -0.1) is 0 Å². The molecule has 4 saturated carbocycles. The average Bonchev–Trinajstić information content (AvgIpc) is 2.76. The molecule has 26 heavy (non-hydrogen) atoms. The molecule has 0 aromatic carbocycles. The van der Waals surface area contributed by atoms with Gasteiger partial charge in [-0.1, -0.05) is 25.5 Å². The summed E-state index contributed by atoms with van der Waals surface area (Å²) in [6, 6.07) is 0. The van der Waals surface area contributed by atoms with Crippen LogP contribution < -0.4 is 0 Å². The van der Waals surface area contributed by atoms with Crippen molar-refractivity contribution < 1.29 is 19.4 Å². The van der Waals surface area contributed by atoms with Crippen molar-refractivity contribution in [2.45, 2.75) is 78.2 Å². The maximum Gasteiger partial charge on any atom is 0.309 e. The number of carboxylic acid groups (broad SMARTS) is 1. The fourth-order valence-corrected chi connectivity index (χ4v) is 8.02. The Hall–Kier alpha value is -1.32. The quantitative estimate of drug-likeness (QED) is 0.578. The zero-order valence-electron chi connectivity index (χ0n) is 16.3. The Morgan fingerprint density at radius 2 is 1.96 bits per heavy atom. The van der Waals surface area contributed by atoms with Crippen molar-refractivity contribution in [3.05, 3.63) is 12.2 Å². The van der Waals surface area contributed by atoms with Gasteiger partial charge in [0.2, 0.25) is 0 Å². The highest BCUT2D eigenvalue weighted by Gasteiger charge is 2.68. The van der Waals surface area contributed by atoms with E-state index in [1.807, 2.05) is 6.92 Å². The lowest BCUT2D eigenvalue weighted by Gasteiger charge is -2.64. The van der Waals surface area contributed by atoms with Crippen LogP contribution in [0.3, 0.4) is 0 Å². The fourth-order valence-electron chi connectivity index (χ4n) is 8.02. The van der Waals surface area contributed by atoms with Crippen LogP contribution in [0.2, 0.25) is 0 Å². The van der Waals surface area contributed by atoms with Crippen LogP contribution in [0.1, 0.15) is 72.1 Å². The van der Waals surface area contributed by atoms with Gasteiger partial charge < -0.3 is 9.84 Å². The number of aliphatic carboxylic acids is 1. The molecule has 1 spiro atoms. The Morgan fingerprint density at radius 1 is 1.23 bits per heavy atom. The van der Waals surface area contributed by atoms with Crippen molar-refractivity contribution in [2.24, 2.45) is 34.0 Å². The molecule has 0 aromatic heterocycles. The summed E-state index contributed by atoms with van der Waals surface area (Å²) in [6.45, 7) is 10.1. The molecule has 4 aliphatic rings. The maximum absolute atomic E-state index is 12.2. The van der Waals surface area contributed by atoms with E-state index in [0.29, 0.717) is 5.92 Å². The summed E-state index contributed by atoms with van der Waals surface area (Å²) >= 11 is 0. The van der Waals surface area contributed by atoms with Crippen molar-refractivity contribution in [1.29, 1.82) is 0 Å². The molecule has 4 fully saturated rings. The molecule has 0 saturated heterocycles. The molecule has 4 aliphatic carbocycles. The number of carboxylic acids is 1. The maximum atomic E-state index is 12.2. The summed E-state index contributed by atoms with van der Waals surface area (Å²) in [5, 5.41) is 10.0. The van der Waals surface area contributed by atoms with Crippen molar-refractivity contribution in [3.8, 4) is 0 Å². The molecule has 2 bridgehead atoms. The van der Waals surface area contributed by atoms with Crippen molar-refractivity contribution in [3.63, 3.8) is 0 Å². The van der Waals surface area contributed by atoms with Gasteiger partial charge in [-0.3, -0.25) is 9.59 Å². The summed E-state index contributed by atoms with van der Waals surface area (Å²) in [5.74, 6) is 0.00944. The van der Waals surface area contributed by atoms with E-state index in [0.717, 1.165) is 51.4 Å². The third-order valence-electron chi connectivity index (χ3n) is 8.78. The number of hydrogen-bond acceptors (Lipinski definition) is 3. The molecule has 0 heterocycles. The van der Waals surface area contributed by atoms with Crippen molar-refractivity contribution in [1.82, 2.24) is 0 Å². The molecule has 0 aromatic rings. The van der Waals surface area contributed by atoms with E-state index in [9.17, 15) is 14.7 Å². The molecule has 4 nitrogen and oxygen atoms in total. The van der Waals surface area contributed by atoms with Crippen molar-refractivity contribution >= 4 is 11.9 Å². The summed E-state index contributed by atoms with van der Waals surface area (Å²) in [7, 11) is 0. The Morgan fingerprint density at radius 3 is 2.62 bits per heavy atom. The average molecular weight is 360 g/mol. The molecular weight excluding hydrogens is 328 g/mol. The molecule has 0 radical (unpaired) electrons. The highest BCUT2D eigenvalue weighted by atomic mass is 16.5. The first-order chi connectivity index (χ1) is 12.1. The van der Waals surface area contributed by atoms with Gasteiger partial charge >= 0.3 is 11.9 Å². The van der Waals surface area contributed by atoms with Crippen LogP contribution in [0.4, 0.5) is 0 Å².